The molecule has 0 aromatic carbocycles. The molecular weight excluding hydrogens is 168 g/mol. The van der Waals surface area contributed by atoms with Crippen LogP contribution < -0.4 is 5.73 Å². The summed E-state index contributed by atoms with van der Waals surface area (Å²) in [6, 6.07) is 0. The maximum atomic E-state index is 5.82. The SMILES string of the molecule is Cc1nc2onc(C(C)C)n2c1N. The van der Waals surface area contributed by atoms with Crippen molar-refractivity contribution in [3.8, 4) is 0 Å². The number of nitrogens with zero attached hydrogens (tertiary/aromatic N) is 3. The Morgan fingerprint density at radius 2 is 2.15 bits per heavy atom. The predicted molar refractivity (Wildman–Crippen MR) is 48.5 cm³/mol. The van der Waals surface area contributed by atoms with Gasteiger partial charge in [-0.25, -0.2) is 4.40 Å². The number of aryl methyl sites for hydroxylation is 1. The van der Waals surface area contributed by atoms with Crippen LogP contribution in [0, 0.1) is 6.92 Å². The summed E-state index contributed by atoms with van der Waals surface area (Å²) in [4.78, 5) is 4.12. The monoisotopic (exact) mass is 180 g/mol. The van der Waals surface area contributed by atoms with Crippen LogP contribution in [0.2, 0.25) is 0 Å². The highest BCUT2D eigenvalue weighted by atomic mass is 16.5. The van der Waals surface area contributed by atoms with E-state index < -0.39 is 0 Å². The molecule has 5 nitrogen and oxygen atoms in total. The smallest absolute Gasteiger partial charge is 0.333 e. The Balaban J connectivity index is 2.78. The van der Waals surface area contributed by atoms with Gasteiger partial charge in [-0.2, -0.15) is 4.98 Å². The summed E-state index contributed by atoms with van der Waals surface area (Å²) in [5.41, 5.74) is 6.60. The molecule has 70 valence electrons. The van der Waals surface area contributed by atoms with E-state index in [0.717, 1.165) is 11.5 Å². The van der Waals surface area contributed by atoms with E-state index in [-0.39, 0.29) is 5.92 Å². The van der Waals surface area contributed by atoms with E-state index in [9.17, 15) is 0 Å². The largest absolute Gasteiger partial charge is 0.383 e. The van der Waals surface area contributed by atoms with Crippen LogP contribution in [0.25, 0.3) is 5.84 Å². The van der Waals surface area contributed by atoms with E-state index in [1.807, 2.05) is 20.8 Å². The van der Waals surface area contributed by atoms with Gasteiger partial charge in [0.2, 0.25) is 0 Å². The fraction of sp³-hybridized carbons (Fsp3) is 0.500. The molecule has 2 heterocycles. The van der Waals surface area contributed by atoms with E-state index >= 15 is 0 Å². The Kier molecular flexibility index (Phi) is 1.55. The third kappa shape index (κ3) is 0.998. The molecular formula is C8H12N4O. The standard InChI is InChI=1S/C8H12N4O/c1-4(2)7-11-13-8-10-5(3)6(9)12(7)8/h4H,9H2,1-3H3. The van der Waals surface area contributed by atoms with Crippen LogP contribution in [0.15, 0.2) is 4.52 Å². The fourth-order valence-electron chi connectivity index (χ4n) is 1.29. The van der Waals surface area contributed by atoms with E-state index in [4.69, 9.17) is 10.3 Å². The molecule has 0 radical (unpaired) electrons. The van der Waals surface area contributed by atoms with Gasteiger partial charge in [0.1, 0.15) is 5.82 Å². The predicted octanol–water partition coefficient (Wildman–Crippen LogP) is 1.34. The molecule has 2 aromatic heterocycles. The molecule has 0 amide bonds. The van der Waals surface area contributed by atoms with E-state index in [2.05, 4.69) is 10.1 Å². The van der Waals surface area contributed by atoms with Gasteiger partial charge in [-0.3, -0.25) is 0 Å². The second-order valence-electron chi connectivity index (χ2n) is 3.40. The summed E-state index contributed by atoms with van der Waals surface area (Å²) in [6.07, 6.45) is 0. The molecule has 0 saturated carbocycles. The van der Waals surface area contributed by atoms with Crippen LogP contribution in [0.4, 0.5) is 5.82 Å². The Hall–Kier alpha value is -1.52. The van der Waals surface area contributed by atoms with Crippen molar-refractivity contribution in [2.75, 3.05) is 5.73 Å². The number of hydrogen-bond acceptors (Lipinski definition) is 4. The zero-order chi connectivity index (χ0) is 9.59. The van der Waals surface area contributed by atoms with E-state index in [0.29, 0.717) is 11.7 Å². The first-order valence-electron chi connectivity index (χ1n) is 4.21. The quantitative estimate of drug-likeness (QED) is 0.718. The molecule has 0 aliphatic carbocycles. The highest BCUT2D eigenvalue weighted by molar-refractivity contribution is 5.46. The third-order valence-electron chi connectivity index (χ3n) is 2.03. The van der Waals surface area contributed by atoms with Gasteiger partial charge in [0.15, 0.2) is 5.82 Å². The van der Waals surface area contributed by atoms with Crippen molar-refractivity contribution < 1.29 is 4.52 Å². The number of fused-ring (bicyclic) bond motifs is 1. The van der Waals surface area contributed by atoms with Gasteiger partial charge in [0.25, 0.3) is 0 Å². The normalized spacial score (nSPS) is 11.7. The lowest BCUT2D eigenvalue weighted by atomic mass is 10.2. The highest BCUT2D eigenvalue weighted by Gasteiger charge is 2.16. The Bertz CT molecular complexity index is 440. The molecule has 0 atom stereocenters. The average Bonchev–Trinajstić information content (AvgIpc) is 2.55. The molecule has 2 N–H and O–H groups in total. The number of aromatic nitrogens is 3. The minimum Gasteiger partial charge on any atom is -0.383 e. The van der Waals surface area contributed by atoms with Crippen molar-refractivity contribution in [2.24, 2.45) is 0 Å². The molecule has 13 heavy (non-hydrogen) atoms. The Labute approximate surface area is 75.5 Å². The summed E-state index contributed by atoms with van der Waals surface area (Å²) in [5, 5.41) is 3.90. The van der Waals surface area contributed by atoms with Crippen molar-refractivity contribution in [3.63, 3.8) is 0 Å². The molecule has 0 bridgehead atoms. The topological polar surface area (TPSA) is 69.3 Å². The van der Waals surface area contributed by atoms with Crippen molar-refractivity contribution in [3.05, 3.63) is 11.5 Å². The second kappa shape index (κ2) is 2.48. The van der Waals surface area contributed by atoms with E-state index in [1.54, 1.807) is 4.40 Å². The lowest BCUT2D eigenvalue weighted by molar-refractivity contribution is 0.434. The van der Waals surface area contributed by atoms with Crippen LogP contribution in [0.1, 0.15) is 31.3 Å². The Morgan fingerprint density at radius 3 is 2.77 bits per heavy atom. The number of anilines is 1. The first-order valence-corrected chi connectivity index (χ1v) is 4.21. The second-order valence-corrected chi connectivity index (χ2v) is 3.40. The van der Waals surface area contributed by atoms with Gasteiger partial charge in [0.05, 0.1) is 5.69 Å². The minimum absolute atomic E-state index is 0.275. The van der Waals surface area contributed by atoms with Gasteiger partial charge in [0, 0.05) is 5.92 Å². The third-order valence-corrected chi connectivity index (χ3v) is 2.03. The molecule has 0 aliphatic heterocycles. The highest BCUT2D eigenvalue weighted by Crippen LogP contribution is 2.20. The maximum absolute atomic E-state index is 5.82. The molecule has 0 spiro atoms. The molecule has 0 saturated heterocycles. The van der Waals surface area contributed by atoms with Gasteiger partial charge >= 0.3 is 5.84 Å². The number of hydrogen-bond donors (Lipinski definition) is 1. The molecule has 2 rings (SSSR count). The van der Waals surface area contributed by atoms with Crippen LogP contribution in [-0.4, -0.2) is 14.5 Å². The van der Waals surface area contributed by atoms with Crippen molar-refractivity contribution >= 4 is 11.7 Å². The minimum atomic E-state index is 0.275. The summed E-state index contributed by atoms with van der Waals surface area (Å²) in [6.45, 7) is 5.92. The van der Waals surface area contributed by atoms with Crippen molar-refractivity contribution in [2.45, 2.75) is 26.7 Å². The van der Waals surface area contributed by atoms with E-state index in [1.165, 1.54) is 0 Å². The van der Waals surface area contributed by atoms with Crippen molar-refractivity contribution in [1.82, 2.24) is 14.5 Å². The van der Waals surface area contributed by atoms with Crippen LogP contribution in [0.5, 0.6) is 0 Å². The van der Waals surface area contributed by atoms with Gasteiger partial charge in [-0.1, -0.05) is 19.0 Å². The number of imidazole rings is 1. The maximum Gasteiger partial charge on any atom is 0.333 e. The summed E-state index contributed by atoms with van der Waals surface area (Å²) in [5.74, 6) is 2.17. The molecule has 0 fully saturated rings. The lowest BCUT2D eigenvalue weighted by Crippen LogP contribution is -2.00. The summed E-state index contributed by atoms with van der Waals surface area (Å²) in [7, 11) is 0. The zero-order valence-corrected chi connectivity index (χ0v) is 7.90. The van der Waals surface area contributed by atoms with Gasteiger partial charge < -0.3 is 10.3 Å². The zero-order valence-electron chi connectivity index (χ0n) is 7.90. The number of nitrogen functional groups attached to an aromatic ring is 1. The summed E-state index contributed by atoms with van der Waals surface area (Å²) < 4.78 is 6.78. The molecule has 0 aliphatic rings. The molecule has 5 heteroatoms. The molecule has 0 unspecified atom stereocenters. The van der Waals surface area contributed by atoms with Gasteiger partial charge in [-0.15, -0.1) is 0 Å². The van der Waals surface area contributed by atoms with Crippen molar-refractivity contribution in [1.29, 1.82) is 0 Å². The van der Waals surface area contributed by atoms with Crippen LogP contribution >= 0.6 is 0 Å². The molecule has 2 aromatic rings. The van der Waals surface area contributed by atoms with Gasteiger partial charge in [-0.05, 0) is 6.92 Å². The first kappa shape index (κ1) is 8.10. The Morgan fingerprint density at radius 1 is 1.46 bits per heavy atom. The van der Waals surface area contributed by atoms with Crippen LogP contribution in [-0.2, 0) is 0 Å². The summed E-state index contributed by atoms with van der Waals surface area (Å²) >= 11 is 0. The number of nitrogens with two attached hydrogens (primary N) is 1. The first-order chi connectivity index (χ1) is 6.11. The van der Waals surface area contributed by atoms with Crippen LogP contribution in [0.3, 0.4) is 0 Å². The average molecular weight is 180 g/mol. The lowest BCUT2D eigenvalue weighted by Gasteiger charge is -1.99. The fourth-order valence-corrected chi connectivity index (χ4v) is 1.29. The number of rotatable bonds is 1.